The molecule has 0 aliphatic rings. The van der Waals surface area contributed by atoms with Crippen molar-refractivity contribution in [1.82, 2.24) is 4.98 Å². The summed E-state index contributed by atoms with van der Waals surface area (Å²) in [5, 5.41) is 0. The topological polar surface area (TPSA) is 73.3 Å². The van der Waals surface area contributed by atoms with Crippen LogP contribution in [0.4, 0.5) is 0 Å². The van der Waals surface area contributed by atoms with Crippen LogP contribution in [0.1, 0.15) is 23.0 Å². The van der Waals surface area contributed by atoms with Gasteiger partial charge in [-0.25, -0.2) is 18.2 Å². The van der Waals surface area contributed by atoms with Gasteiger partial charge in [0, 0.05) is 12.5 Å². The molecule has 0 aliphatic carbocycles. The second-order valence-corrected chi connectivity index (χ2v) is 5.34. The maximum absolute atomic E-state index is 11.5. The molecule has 16 heavy (non-hydrogen) atoms. The van der Waals surface area contributed by atoms with Gasteiger partial charge in [-0.15, -0.1) is 0 Å². The van der Waals surface area contributed by atoms with Crippen molar-refractivity contribution < 1.29 is 17.9 Å². The molecule has 0 amide bonds. The second kappa shape index (κ2) is 4.61. The van der Waals surface area contributed by atoms with Crippen LogP contribution in [0, 0.1) is 6.92 Å². The minimum atomic E-state index is -3.48. The molecule has 0 bridgehead atoms. The number of hydrogen-bond donors (Lipinski definition) is 0. The van der Waals surface area contributed by atoms with Gasteiger partial charge in [0.2, 0.25) is 0 Å². The summed E-state index contributed by atoms with van der Waals surface area (Å²) in [6.07, 6.45) is 2.47. The van der Waals surface area contributed by atoms with E-state index in [1.807, 2.05) is 0 Å². The van der Waals surface area contributed by atoms with Crippen LogP contribution in [0.5, 0.6) is 0 Å². The van der Waals surface area contributed by atoms with Crippen LogP contribution in [-0.2, 0) is 14.6 Å². The maximum Gasteiger partial charge on any atom is 0.358 e. The molecule has 1 aromatic rings. The lowest BCUT2D eigenvalue weighted by atomic mass is 10.3. The van der Waals surface area contributed by atoms with Gasteiger partial charge in [0.15, 0.2) is 15.5 Å². The number of nitrogens with zero attached hydrogens (tertiary/aromatic N) is 1. The van der Waals surface area contributed by atoms with E-state index in [9.17, 15) is 13.2 Å². The van der Waals surface area contributed by atoms with Gasteiger partial charge in [0.25, 0.3) is 0 Å². The molecule has 0 saturated carbocycles. The molecule has 1 aromatic heterocycles. The largest absolute Gasteiger partial charge is 0.461 e. The quantitative estimate of drug-likeness (QED) is 0.739. The molecule has 0 atom stereocenters. The Kier molecular flexibility index (Phi) is 3.64. The van der Waals surface area contributed by atoms with Crippen LogP contribution in [0.2, 0.25) is 0 Å². The fraction of sp³-hybridized carbons (Fsp3) is 0.400. The number of rotatable bonds is 3. The first-order valence-corrected chi connectivity index (χ1v) is 6.59. The Morgan fingerprint density at radius 2 is 2.12 bits per heavy atom. The summed E-state index contributed by atoms with van der Waals surface area (Å²) in [5.74, 6) is -0.720. The van der Waals surface area contributed by atoms with Gasteiger partial charge in [0.1, 0.15) is 0 Å². The summed E-state index contributed by atoms with van der Waals surface area (Å²) in [7, 11) is -3.48. The molecular formula is C10H13NO4S. The molecule has 1 heterocycles. The smallest absolute Gasteiger partial charge is 0.358 e. The van der Waals surface area contributed by atoms with Gasteiger partial charge in [-0.2, -0.15) is 0 Å². The molecule has 0 aromatic carbocycles. The highest BCUT2D eigenvalue weighted by Crippen LogP contribution is 2.15. The highest BCUT2D eigenvalue weighted by atomic mass is 32.2. The molecule has 6 heteroatoms. The van der Waals surface area contributed by atoms with E-state index in [4.69, 9.17) is 4.74 Å². The van der Waals surface area contributed by atoms with Gasteiger partial charge in [-0.05, 0) is 25.5 Å². The van der Waals surface area contributed by atoms with Gasteiger partial charge in [-0.3, -0.25) is 0 Å². The van der Waals surface area contributed by atoms with E-state index in [-0.39, 0.29) is 17.2 Å². The third-order valence-corrected chi connectivity index (χ3v) is 2.97. The molecule has 0 fully saturated rings. The zero-order chi connectivity index (χ0) is 12.3. The zero-order valence-electron chi connectivity index (χ0n) is 9.35. The summed E-state index contributed by atoms with van der Waals surface area (Å²) < 4.78 is 27.7. The highest BCUT2D eigenvalue weighted by Gasteiger charge is 2.21. The summed E-state index contributed by atoms with van der Waals surface area (Å²) in [4.78, 5) is 15.2. The average molecular weight is 243 g/mol. The molecular weight excluding hydrogens is 230 g/mol. The van der Waals surface area contributed by atoms with Crippen molar-refractivity contribution in [2.24, 2.45) is 0 Å². The van der Waals surface area contributed by atoms with E-state index in [0.29, 0.717) is 5.56 Å². The Morgan fingerprint density at radius 3 is 2.62 bits per heavy atom. The van der Waals surface area contributed by atoms with Crippen molar-refractivity contribution in [3.63, 3.8) is 0 Å². The average Bonchev–Trinajstić information content (AvgIpc) is 2.16. The normalized spacial score (nSPS) is 11.2. The third-order valence-electron chi connectivity index (χ3n) is 1.86. The number of aromatic nitrogens is 1. The van der Waals surface area contributed by atoms with Crippen LogP contribution >= 0.6 is 0 Å². The third kappa shape index (κ3) is 2.79. The first-order chi connectivity index (χ1) is 7.36. The Labute approximate surface area is 94.4 Å². The lowest BCUT2D eigenvalue weighted by Gasteiger charge is -2.06. The SMILES string of the molecule is CCOC(=O)c1ncc(C)cc1S(C)(=O)=O. The number of pyridine rings is 1. The number of ether oxygens (including phenoxy) is 1. The van der Waals surface area contributed by atoms with Crippen molar-refractivity contribution >= 4 is 15.8 Å². The lowest BCUT2D eigenvalue weighted by Crippen LogP contribution is -2.13. The molecule has 0 N–H and O–H groups in total. The Bertz CT molecular complexity index is 508. The van der Waals surface area contributed by atoms with E-state index < -0.39 is 15.8 Å². The first kappa shape index (κ1) is 12.6. The monoisotopic (exact) mass is 243 g/mol. The highest BCUT2D eigenvalue weighted by molar-refractivity contribution is 7.90. The summed E-state index contributed by atoms with van der Waals surface area (Å²) in [6, 6.07) is 1.41. The molecule has 0 saturated heterocycles. The predicted octanol–water partition coefficient (Wildman–Crippen LogP) is 0.970. The predicted molar refractivity (Wildman–Crippen MR) is 58.0 cm³/mol. The van der Waals surface area contributed by atoms with Crippen LogP contribution < -0.4 is 0 Å². The van der Waals surface area contributed by atoms with E-state index in [0.717, 1.165) is 6.26 Å². The summed E-state index contributed by atoms with van der Waals surface area (Å²) in [6.45, 7) is 3.53. The number of esters is 1. The van der Waals surface area contributed by atoms with Crippen LogP contribution in [0.3, 0.4) is 0 Å². The minimum absolute atomic E-state index is 0.0917. The molecule has 0 radical (unpaired) electrons. The Balaban J connectivity index is 3.35. The van der Waals surface area contributed by atoms with Gasteiger partial charge >= 0.3 is 5.97 Å². The number of aryl methyl sites for hydroxylation is 1. The molecule has 0 spiro atoms. The van der Waals surface area contributed by atoms with E-state index in [1.54, 1.807) is 13.8 Å². The van der Waals surface area contributed by atoms with E-state index >= 15 is 0 Å². The van der Waals surface area contributed by atoms with E-state index in [2.05, 4.69) is 4.98 Å². The Morgan fingerprint density at radius 1 is 1.50 bits per heavy atom. The van der Waals surface area contributed by atoms with Gasteiger partial charge in [-0.1, -0.05) is 0 Å². The second-order valence-electron chi connectivity index (χ2n) is 3.35. The maximum atomic E-state index is 11.5. The van der Waals surface area contributed by atoms with Crippen LogP contribution in [0.25, 0.3) is 0 Å². The fourth-order valence-electron chi connectivity index (χ4n) is 1.18. The van der Waals surface area contributed by atoms with Gasteiger partial charge < -0.3 is 4.74 Å². The van der Waals surface area contributed by atoms with Crippen molar-refractivity contribution in [2.45, 2.75) is 18.7 Å². The molecule has 0 aliphatic heterocycles. The van der Waals surface area contributed by atoms with Crippen molar-refractivity contribution in [3.8, 4) is 0 Å². The van der Waals surface area contributed by atoms with Crippen molar-refractivity contribution in [3.05, 3.63) is 23.5 Å². The Hall–Kier alpha value is -1.43. The zero-order valence-corrected chi connectivity index (χ0v) is 10.2. The minimum Gasteiger partial charge on any atom is -0.461 e. The van der Waals surface area contributed by atoms with Crippen LogP contribution in [0.15, 0.2) is 17.2 Å². The number of carbonyl (C=O) groups is 1. The number of carbonyl (C=O) groups excluding carboxylic acids is 1. The molecule has 0 unspecified atom stereocenters. The first-order valence-electron chi connectivity index (χ1n) is 4.70. The van der Waals surface area contributed by atoms with Crippen molar-refractivity contribution in [1.29, 1.82) is 0 Å². The molecule has 1 rings (SSSR count). The fourth-order valence-corrected chi connectivity index (χ4v) is 2.07. The molecule has 5 nitrogen and oxygen atoms in total. The van der Waals surface area contributed by atoms with E-state index in [1.165, 1.54) is 12.3 Å². The number of sulfone groups is 1. The lowest BCUT2D eigenvalue weighted by molar-refractivity contribution is 0.0514. The summed E-state index contributed by atoms with van der Waals surface area (Å²) >= 11 is 0. The van der Waals surface area contributed by atoms with Gasteiger partial charge in [0.05, 0.1) is 11.5 Å². The summed E-state index contributed by atoms with van der Waals surface area (Å²) in [5.41, 5.74) is 0.517. The number of hydrogen-bond acceptors (Lipinski definition) is 5. The van der Waals surface area contributed by atoms with Crippen molar-refractivity contribution in [2.75, 3.05) is 12.9 Å². The molecule has 88 valence electrons. The standard InChI is InChI=1S/C10H13NO4S/c1-4-15-10(12)9-8(16(3,13)14)5-7(2)6-11-9/h5-6H,4H2,1-3H3. The van der Waals surface area contributed by atoms with Crippen LogP contribution in [-0.4, -0.2) is 32.2 Å².